The second kappa shape index (κ2) is 10.3. The zero-order valence-electron chi connectivity index (χ0n) is 19.6. The van der Waals surface area contributed by atoms with E-state index in [1.54, 1.807) is 38.1 Å². The van der Waals surface area contributed by atoms with Crippen molar-refractivity contribution in [2.45, 2.75) is 26.4 Å². The van der Waals surface area contributed by atoms with E-state index in [1.807, 2.05) is 0 Å². The molecule has 0 aliphatic carbocycles. The zero-order valence-corrected chi connectivity index (χ0v) is 19.6. The summed E-state index contributed by atoms with van der Waals surface area (Å²) in [5.74, 6) is -0.811. The SMILES string of the molecule is CCOC(=O)C1=C(COC(=O)c2ccc(CN3C(=O)CNC3=O)cc2)NC(=O)NC1c1ccc(C)o1. The van der Waals surface area contributed by atoms with Gasteiger partial charge in [-0.05, 0) is 43.7 Å². The number of hydrogen-bond donors (Lipinski definition) is 3. The number of nitrogens with zero attached hydrogens (tertiary/aromatic N) is 1. The number of nitrogens with one attached hydrogen (secondary N) is 3. The van der Waals surface area contributed by atoms with Crippen LogP contribution in [-0.2, 0) is 25.6 Å². The molecule has 3 N–H and O–H groups in total. The maximum Gasteiger partial charge on any atom is 0.338 e. The standard InChI is InChI=1S/C24H24N4O8/c1-3-34-22(31)19-16(26-23(32)27-20(19)17-9-4-13(2)36-17)12-35-21(30)15-7-5-14(6-8-15)11-28-18(29)10-25-24(28)33/h4-9,20H,3,10-12H2,1-2H3,(H,25,33)(H2,26,27,32). The Morgan fingerprint density at radius 1 is 1.06 bits per heavy atom. The monoisotopic (exact) mass is 496 g/mol. The third kappa shape index (κ3) is 5.22. The van der Waals surface area contributed by atoms with Crippen molar-refractivity contribution < 1.29 is 37.9 Å². The van der Waals surface area contributed by atoms with Crippen molar-refractivity contribution in [2.24, 2.45) is 0 Å². The van der Waals surface area contributed by atoms with Gasteiger partial charge in [-0.3, -0.25) is 9.69 Å². The van der Waals surface area contributed by atoms with Crippen LogP contribution >= 0.6 is 0 Å². The lowest BCUT2D eigenvalue weighted by atomic mass is 10.0. The molecule has 0 spiro atoms. The van der Waals surface area contributed by atoms with Crippen LogP contribution in [0.3, 0.4) is 0 Å². The van der Waals surface area contributed by atoms with Gasteiger partial charge in [0.25, 0.3) is 0 Å². The fourth-order valence-corrected chi connectivity index (χ4v) is 3.77. The van der Waals surface area contributed by atoms with Crippen molar-refractivity contribution in [3.05, 3.63) is 70.3 Å². The maximum absolute atomic E-state index is 12.7. The van der Waals surface area contributed by atoms with Crippen molar-refractivity contribution in [1.82, 2.24) is 20.9 Å². The van der Waals surface area contributed by atoms with Gasteiger partial charge >= 0.3 is 24.0 Å². The Balaban J connectivity index is 1.49. The number of benzene rings is 1. The average molecular weight is 496 g/mol. The molecule has 3 heterocycles. The van der Waals surface area contributed by atoms with Gasteiger partial charge in [-0.15, -0.1) is 0 Å². The summed E-state index contributed by atoms with van der Waals surface area (Å²) in [6.45, 7) is 3.10. The molecule has 5 amide bonds. The summed E-state index contributed by atoms with van der Waals surface area (Å²) in [6.07, 6.45) is 0. The molecule has 1 unspecified atom stereocenters. The summed E-state index contributed by atoms with van der Waals surface area (Å²) in [4.78, 5) is 62.2. The van der Waals surface area contributed by atoms with Crippen LogP contribution in [0, 0.1) is 6.92 Å². The molecule has 1 saturated heterocycles. The summed E-state index contributed by atoms with van der Waals surface area (Å²) in [7, 11) is 0. The normalized spacial score (nSPS) is 17.4. The summed E-state index contributed by atoms with van der Waals surface area (Å²) in [6, 6.07) is 7.51. The first kappa shape index (κ1) is 24.5. The summed E-state index contributed by atoms with van der Waals surface area (Å²) in [5.41, 5.74) is 0.974. The average Bonchev–Trinajstić information content (AvgIpc) is 3.43. The molecule has 12 nitrogen and oxygen atoms in total. The molecule has 1 aromatic carbocycles. The molecule has 1 aromatic heterocycles. The Morgan fingerprint density at radius 2 is 1.81 bits per heavy atom. The van der Waals surface area contributed by atoms with Crippen LogP contribution in [0.5, 0.6) is 0 Å². The number of carbonyl (C=O) groups excluding carboxylic acids is 5. The highest BCUT2D eigenvalue weighted by Crippen LogP contribution is 2.29. The lowest BCUT2D eigenvalue weighted by Crippen LogP contribution is -2.47. The number of hydrogen-bond acceptors (Lipinski definition) is 8. The fourth-order valence-electron chi connectivity index (χ4n) is 3.77. The molecule has 0 saturated carbocycles. The largest absolute Gasteiger partial charge is 0.464 e. The summed E-state index contributed by atoms with van der Waals surface area (Å²) < 4.78 is 16.1. The molecule has 2 aliphatic heterocycles. The molecule has 1 fully saturated rings. The third-order valence-electron chi connectivity index (χ3n) is 5.51. The fraction of sp³-hybridized carbons (Fsp3) is 0.292. The highest BCUT2D eigenvalue weighted by molar-refractivity contribution is 6.02. The molecule has 36 heavy (non-hydrogen) atoms. The number of carbonyl (C=O) groups is 5. The van der Waals surface area contributed by atoms with Crippen LogP contribution in [0.15, 0.2) is 52.1 Å². The molecule has 2 aliphatic rings. The van der Waals surface area contributed by atoms with Gasteiger partial charge in [-0.2, -0.15) is 0 Å². The molecule has 12 heteroatoms. The van der Waals surface area contributed by atoms with Crippen molar-refractivity contribution in [1.29, 1.82) is 0 Å². The number of aryl methyl sites for hydroxylation is 1. The first-order chi connectivity index (χ1) is 17.3. The number of ether oxygens (including phenoxy) is 2. The van der Waals surface area contributed by atoms with E-state index in [9.17, 15) is 24.0 Å². The van der Waals surface area contributed by atoms with Gasteiger partial charge < -0.3 is 29.8 Å². The molecule has 188 valence electrons. The smallest absolute Gasteiger partial charge is 0.338 e. The number of esters is 2. The van der Waals surface area contributed by atoms with Crippen molar-refractivity contribution >= 4 is 29.9 Å². The van der Waals surface area contributed by atoms with E-state index in [0.717, 1.165) is 4.90 Å². The van der Waals surface area contributed by atoms with Crippen LogP contribution in [0.1, 0.15) is 40.4 Å². The van der Waals surface area contributed by atoms with Gasteiger partial charge in [0.15, 0.2) is 0 Å². The molecular weight excluding hydrogens is 472 g/mol. The van der Waals surface area contributed by atoms with Crippen molar-refractivity contribution in [2.75, 3.05) is 19.8 Å². The molecule has 4 rings (SSSR count). The maximum atomic E-state index is 12.7. The van der Waals surface area contributed by atoms with Crippen molar-refractivity contribution in [3.63, 3.8) is 0 Å². The first-order valence-electron chi connectivity index (χ1n) is 11.1. The topological polar surface area (TPSA) is 156 Å². The number of rotatable bonds is 8. The zero-order chi connectivity index (χ0) is 25.8. The molecule has 0 radical (unpaired) electrons. The lowest BCUT2D eigenvalue weighted by Gasteiger charge is -2.27. The minimum absolute atomic E-state index is 0.0423. The summed E-state index contributed by atoms with van der Waals surface area (Å²) in [5, 5.41) is 7.58. The van der Waals surface area contributed by atoms with Gasteiger partial charge in [0, 0.05) is 0 Å². The lowest BCUT2D eigenvalue weighted by molar-refractivity contribution is -0.139. The molecule has 1 atom stereocenters. The van der Waals surface area contributed by atoms with E-state index in [1.165, 1.54) is 12.1 Å². The molecular formula is C24H24N4O8. The Morgan fingerprint density at radius 3 is 2.42 bits per heavy atom. The van der Waals surface area contributed by atoms with Crippen LogP contribution < -0.4 is 16.0 Å². The Hall–Kier alpha value is -4.61. The highest BCUT2D eigenvalue weighted by atomic mass is 16.5. The minimum Gasteiger partial charge on any atom is -0.464 e. The van der Waals surface area contributed by atoms with Gasteiger partial charge in [0.1, 0.15) is 24.2 Å². The second-order valence-corrected chi connectivity index (χ2v) is 8.00. The Bertz CT molecular complexity index is 1230. The number of furan rings is 1. The van der Waals surface area contributed by atoms with Crippen molar-refractivity contribution in [3.8, 4) is 0 Å². The Kier molecular flexibility index (Phi) is 7.04. The van der Waals surface area contributed by atoms with E-state index < -0.39 is 36.6 Å². The Labute approximate surface area is 205 Å². The predicted octanol–water partition coefficient (Wildman–Crippen LogP) is 1.67. The van der Waals surface area contributed by atoms with Gasteiger partial charge in [0.05, 0.1) is 36.5 Å². The highest BCUT2D eigenvalue weighted by Gasteiger charge is 2.36. The minimum atomic E-state index is -0.926. The predicted molar refractivity (Wildman–Crippen MR) is 122 cm³/mol. The number of imide groups is 1. The van der Waals surface area contributed by atoms with Crippen LogP contribution in [0.2, 0.25) is 0 Å². The van der Waals surface area contributed by atoms with Gasteiger partial charge in [0.2, 0.25) is 5.91 Å². The first-order valence-corrected chi connectivity index (χ1v) is 11.1. The van der Waals surface area contributed by atoms with Crippen LogP contribution in [0.4, 0.5) is 9.59 Å². The van der Waals surface area contributed by atoms with E-state index in [2.05, 4.69) is 16.0 Å². The molecule has 0 bridgehead atoms. The van der Waals surface area contributed by atoms with E-state index in [0.29, 0.717) is 17.1 Å². The number of urea groups is 2. The van der Waals surface area contributed by atoms with E-state index in [-0.39, 0.29) is 42.4 Å². The van der Waals surface area contributed by atoms with E-state index >= 15 is 0 Å². The van der Waals surface area contributed by atoms with E-state index in [4.69, 9.17) is 13.9 Å². The second-order valence-electron chi connectivity index (χ2n) is 8.00. The quantitative estimate of drug-likeness (QED) is 0.368. The van der Waals surface area contributed by atoms with Crippen LogP contribution in [-0.4, -0.2) is 54.6 Å². The van der Waals surface area contributed by atoms with Crippen LogP contribution in [0.25, 0.3) is 0 Å². The summed E-state index contributed by atoms with van der Waals surface area (Å²) >= 11 is 0. The van der Waals surface area contributed by atoms with Gasteiger partial charge in [-0.1, -0.05) is 12.1 Å². The number of amides is 5. The molecule has 2 aromatic rings. The third-order valence-corrected chi connectivity index (χ3v) is 5.51. The van der Waals surface area contributed by atoms with Gasteiger partial charge in [-0.25, -0.2) is 19.2 Å².